The van der Waals surface area contributed by atoms with Gasteiger partial charge in [0.1, 0.15) is 0 Å². The standard InChI is InChI=1S/C4H7O2P/c5-7(6)3-4-1-2-4/h4H,1-3H2/p+1. The van der Waals surface area contributed by atoms with Gasteiger partial charge in [-0.2, -0.15) is 4.89 Å². The van der Waals surface area contributed by atoms with Gasteiger partial charge in [-0.25, -0.2) is 0 Å². The van der Waals surface area contributed by atoms with Gasteiger partial charge in [-0.3, -0.25) is 0 Å². The maximum absolute atomic E-state index is 10.00. The Morgan fingerprint density at radius 3 is 2.43 bits per heavy atom. The second-order valence-electron chi connectivity index (χ2n) is 1.98. The number of hydrogen-bond donors (Lipinski definition) is 1. The molecular weight excluding hydrogens is 111 g/mol. The van der Waals surface area contributed by atoms with Crippen molar-refractivity contribution in [3.63, 3.8) is 0 Å². The molecule has 1 N–H and O–H groups in total. The van der Waals surface area contributed by atoms with Crippen molar-refractivity contribution in [3.05, 3.63) is 0 Å². The topological polar surface area (TPSA) is 37.3 Å². The third-order valence-corrected chi connectivity index (χ3v) is 1.94. The molecule has 0 radical (unpaired) electrons. The number of hydrogen-bond acceptors (Lipinski definition) is 1. The lowest BCUT2D eigenvalue weighted by atomic mass is 10.5. The minimum Gasteiger partial charge on any atom is -0.161 e. The van der Waals surface area contributed by atoms with Crippen LogP contribution in [0, 0.1) is 5.92 Å². The van der Waals surface area contributed by atoms with E-state index in [1.54, 1.807) is 0 Å². The van der Waals surface area contributed by atoms with E-state index < -0.39 is 8.03 Å². The lowest BCUT2D eigenvalue weighted by molar-refractivity contribution is 0.500. The van der Waals surface area contributed by atoms with Crippen LogP contribution in [0.4, 0.5) is 0 Å². The zero-order valence-corrected chi connectivity index (χ0v) is 4.90. The molecule has 0 aromatic carbocycles. The van der Waals surface area contributed by atoms with Gasteiger partial charge in [0.05, 0.1) is 0 Å². The lowest BCUT2D eigenvalue weighted by Gasteiger charge is -1.69. The molecule has 0 aromatic rings. The second kappa shape index (κ2) is 1.89. The van der Waals surface area contributed by atoms with Crippen LogP contribution in [0.15, 0.2) is 0 Å². The molecule has 0 saturated heterocycles. The summed E-state index contributed by atoms with van der Waals surface area (Å²) in [6, 6.07) is 0. The lowest BCUT2D eigenvalue weighted by Crippen LogP contribution is -1.75. The van der Waals surface area contributed by atoms with E-state index in [0.29, 0.717) is 12.1 Å². The Morgan fingerprint density at radius 1 is 1.71 bits per heavy atom. The van der Waals surface area contributed by atoms with E-state index in [1.165, 1.54) is 12.8 Å². The van der Waals surface area contributed by atoms with Gasteiger partial charge in [-0.15, -0.1) is 0 Å². The van der Waals surface area contributed by atoms with Gasteiger partial charge in [-0.05, 0) is 17.4 Å². The summed E-state index contributed by atoms with van der Waals surface area (Å²) in [7, 11) is -1.83. The predicted octanol–water partition coefficient (Wildman–Crippen LogP) is 1.13. The first kappa shape index (κ1) is 5.20. The molecule has 1 atom stereocenters. The molecule has 1 fully saturated rings. The normalized spacial score (nSPS) is 22.1. The summed E-state index contributed by atoms with van der Waals surface area (Å²) in [5.74, 6) is 0.591. The van der Waals surface area contributed by atoms with Crippen LogP contribution in [-0.2, 0) is 4.57 Å². The summed E-state index contributed by atoms with van der Waals surface area (Å²) in [4.78, 5) is 8.27. The van der Waals surface area contributed by atoms with Gasteiger partial charge in [0.15, 0.2) is 6.16 Å². The monoisotopic (exact) mass is 119 g/mol. The molecule has 3 heteroatoms. The van der Waals surface area contributed by atoms with Crippen LogP contribution in [-0.4, -0.2) is 11.1 Å². The van der Waals surface area contributed by atoms with Crippen molar-refractivity contribution in [3.8, 4) is 0 Å². The number of rotatable bonds is 2. The largest absolute Gasteiger partial charge is 0.505 e. The van der Waals surface area contributed by atoms with E-state index in [4.69, 9.17) is 4.89 Å². The molecule has 40 valence electrons. The summed E-state index contributed by atoms with van der Waals surface area (Å²) in [6.07, 6.45) is 2.87. The van der Waals surface area contributed by atoms with Crippen molar-refractivity contribution in [2.75, 3.05) is 6.16 Å². The third-order valence-electron chi connectivity index (χ3n) is 1.11. The fourth-order valence-electron chi connectivity index (χ4n) is 0.521. The van der Waals surface area contributed by atoms with Crippen molar-refractivity contribution in [1.82, 2.24) is 0 Å². The summed E-state index contributed by atoms with van der Waals surface area (Å²) >= 11 is 0. The van der Waals surface area contributed by atoms with E-state index in [0.717, 1.165) is 0 Å². The van der Waals surface area contributed by atoms with E-state index in [9.17, 15) is 4.57 Å². The zero-order valence-electron chi connectivity index (χ0n) is 4.00. The third kappa shape index (κ3) is 2.00. The average molecular weight is 119 g/mol. The Hall–Kier alpha value is 0.0600. The molecule has 1 aliphatic carbocycles. The Kier molecular flexibility index (Phi) is 1.40. The summed E-state index contributed by atoms with van der Waals surface area (Å²) < 4.78 is 10.00. The van der Waals surface area contributed by atoms with Gasteiger partial charge in [0.2, 0.25) is 0 Å². The van der Waals surface area contributed by atoms with Crippen molar-refractivity contribution in [1.29, 1.82) is 0 Å². The first-order chi connectivity index (χ1) is 3.29. The SMILES string of the molecule is O=[P+](O)CC1CC1. The molecule has 1 saturated carbocycles. The Labute approximate surface area is 43.4 Å². The average Bonchev–Trinajstić information content (AvgIpc) is 2.17. The molecule has 7 heavy (non-hydrogen) atoms. The molecule has 1 aliphatic rings. The highest BCUT2D eigenvalue weighted by Gasteiger charge is 2.30. The maximum Gasteiger partial charge on any atom is 0.505 e. The van der Waals surface area contributed by atoms with Gasteiger partial charge >= 0.3 is 8.03 Å². The molecule has 0 heterocycles. The molecule has 0 amide bonds. The molecule has 0 bridgehead atoms. The quantitative estimate of drug-likeness (QED) is 0.553. The minimum atomic E-state index is -1.83. The van der Waals surface area contributed by atoms with E-state index >= 15 is 0 Å². The first-order valence-electron chi connectivity index (χ1n) is 2.42. The van der Waals surface area contributed by atoms with Crippen LogP contribution in [0.25, 0.3) is 0 Å². The van der Waals surface area contributed by atoms with Gasteiger partial charge in [0.25, 0.3) is 0 Å². The molecule has 0 aromatic heterocycles. The highest BCUT2D eigenvalue weighted by Crippen LogP contribution is 2.35. The van der Waals surface area contributed by atoms with Crippen molar-refractivity contribution in [2.24, 2.45) is 5.92 Å². The van der Waals surface area contributed by atoms with Gasteiger partial charge in [0, 0.05) is 5.92 Å². The Balaban J connectivity index is 2.08. The molecule has 2 nitrogen and oxygen atoms in total. The fourth-order valence-corrected chi connectivity index (χ4v) is 1.33. The minimum absolute atomic E-state index is 0.537. The van der Waals surface area contributed by atoms with Crippen LogP contribution in [0.3, 0.4) is 0 Å². The summed E-state index contributed by atoms with van der Waals surface area (Å²) in [5, 5.41) is 0. The highest BCUT2D eigenvalue weighted by molar-refractivity contribution is 7.38. The van der Waals surface area contributed by atoms with Crippen LogP contribution in [0.1, 0.15) is 12.8 Å². The maximum atomic E-state index is 10.00. The molecular formula is C4H8O2P+. The molecule has 0 spiro atoms. The predicted molar refractivity (Wildman–Crippen MR) is 27.4 cm³/mol. The van der Waals surface area contributed by atoms with Gasteiger partial charge < -0.3 is 0 Å². The van der Waals surface area contributed by atoms with Crippen LogP contribution in [0.5, 0.6) is 0 Å². The van der Waals surface area contributed by atoms with Crippen molar-refractivity contribution < 1.29 is 9.46 Å². The summed E-state index contributed by atoms with van der Waals surface area (Å²) in [5.41, 5.74) is 0. The van der Waals surface area contributed by atoms with E-state index in [-0.39, 0.29) is 0 Å². The van der Waals surface area contributed by atoms with Crippen molar-refractivity contribution in [2.45, 2.75) is 12.8 Å². The van der Waals surface area contributed by atoms with Crippen LogP contribution < -0.4 is 0 Å². The van der Waals surface area contributed by atoms with Crippen LogP contribution >= 0.6 is 8.03 Å². The Bertz CT molecular complexity index is 87.7. The van der Waals surface area contributed by atoms with E-state index in [1.807, 2.05) is 0 Å². The molecule has 0 aliphatic heterocycles. The van der Waals surface area contributed by atoms with Crippen LogP contribution in [0.2, 0.25) is 0 Å². The van der Waals surface area contributed by atoms with Crippen molar-refractivity contribution >= 4 is 8.03 Å². The zero-order chi connectivity index (χ0) is 5.28. The fraction of sp³-hybridized carbons (Fsp3) is 1.00. The van der Waals surface area contributed by atoms with Gasteiger partial charge in [-0.1, -0.05) is 0 Å². The first-order valence-corrected chi connectivity index (χ1v) is 3.82. The highest BCUT2D eigenvalue weighted by atomic mass is 31.1. The smallest absolute Gasteiger partial charge is 0.161 e. The van der Waals surface area contributed by atoms with E-state index in [2.05, 4.69) is 0 Å². The molecule has 1 unspecified atom stereocenters. The molecule has 1 rings (SSSR count). The second-order valence-corrected chi connectivity index (χ2v) is 3.05. The Morgan fingerprint density at radius 2 is 2.29 bits per heavy atom. The summed E-state index contributed by atoms with van der Waals surface area (Å²) in [6.45, 7) is 0.